The van der Waals surface area contributed by atoms with Gasteiger partial charge in [-0.3, -0.25) is 14.4 Å². The van der Waals surface area contributed by atoms with E-state index in [4.69, 9.17) is 28.7 Å². The van der Waals surface area contributed by atoms with Gasteiger partial charge in [0.05, 0.1) is 23.0 Å². The van der Waals surface area contributed by atoms with Crippen molar-refractivity contribution < 1.29 is 57.9 Å². The fraction of sp³-hybridized carbons (Fsp3) is 0.458. The molecule has 8 rings (SSSR count). The third-order valence-corrected chi connectivity index (χ3v) is 14.2. The van der Waals surface area contributed by atoms with Crippen LogP contribution in [0.5, 0.6) is 0 Å². The highest BCUT2D eigenvalue weighted by atomic mass is 16.6. The van der Waals surface area contributed by atoms with Crippen molar-refractivity contribution in [3.63, 3.8) is 0 Å². The van der Waals surface area contributed by atoms with Crippen LogP contribution in [-0.2, 0) is 42.9 Å². The van der Waals surface area contributed by atoms with Crippen LogP contribution >= 0.6 is 0 Å². The fourth-order valence-corrected chi connectivity index (χ4v) is 11.0. The first-order valence-corrected chi connectivity index (χ1v) is 20.8. The van der Waals surface area contributed by atoms with Gasteiger partial charge in [-0.05, 0) is 74.1 Å². The summed E-state index contributed by atoms with van der Waals surface area (Å²) < 4.78 is 31.4. The van der Waals surface area contributed by atoms with Gasteiger partial charge in [-0.2, -0.15) is 0 Å². The number of aliphatic imine (C=N–C) groups is 1. The second kappa shape index (κ2) is 15.4. The van der Waals surface area contributed by atoms with Crippen LogP contribution in [-0.4, -0.2) is 87.5 Å². The van der Waals surface area contributed by atoms with Gasteiger partial charge in [0.15, 0.2) is 11.9 Å². The molecule has 0 saturated heterocycles. The summed E-state index contributed by atoms with van der Waals surface area (Å²) in [6.07, 6.45) is -6.93. The Kier molecular flexibility index (Phi) is 10.6. The summed E-state index contributed by atoms with van der Waals surface area (Å²) in [4.78, 5) is 75.5. The van der Waals surface area contributed by atoms with Crippen molar-refractivity contribution in [2.45, 2.75) is 115 Å². The first-order valence-electron chi connectivity index (χ1n) is 20.8. The van der Waals surface area contributed by atoms with Crippen LogP contribution in [0.15, 0.2) is 107 Å². The van der Waals surface area contributed by atoms with E-state index in [2.05, 4.69) is 0 Å². The molecule has 3 aromatic carbocycles. The number of benzene rings is 3. The molecule has 3 aromatic rings. The first-order chi connectivity index (χ1) is 28.9. The van der Waals surface area contributed by atoms with Crippen LogP contribution in [0.25, 0.3) is 0 Å². The van der Waals surface area contributed by atoms with E-state index in [-0.39, 0.29) is 36.3 Å². The number of carbonyl (C=O) groups excluding carboxylic acids is 5. The summed E-state index contributed by atoms with van der Waals surface area (Å²) in [5.74, 6) is -5.50. The van der Waals surface area contributed by atoms with Gasteiger partial charge in [-0.15, -0.1) is 0 Å². The second-order valence-corrected chi connectivity index (χ2v) is 17.8. The number of esters is 4. The van der Waals surface area contributed by atoms with Crippen LogP contribution in [0, 0.1) is 22.7 Å². The fourth-order valence-electron chi connectivity index (χ4n) is 11.0. The van der Waals surface area contributed by atoms with E-state index in [1.807, 2.05) is 60.7 Å². The number of nitrogens with zero attached hydrogens (tertiary/aromatic N) is 1. The minimum absolute atomic E-state index is 0.0509. The summed E-state index contributed by atoms with van der Waals surface area (Å²) in [6, 6.07) is 25.6. The quantitative estimate of drug-likeness (QED) is 0.158. The molecule has 4 aliphatic carbocycles. The highest BCUT2D eigenvalue weighted by molar-refractivity contribution is 5.98. The molecular weight excluding hydrogens is 783 g/mol. The van der Waals surface area contributed by atoms with Gasteiger partial charge in [-0.1, -0.05) is 80.6 Å². The van der Waals surface area contributed by atoms with Crippen molar-refractivity contribution in [1.29, 1.82) is 0 Å². The van der Waals surface area contributed by atoms with E-state index >= 15 is 4.79 Å². The molecule has 2 bridgehead atoms. The first kappa shape index (κ1) is 42.0. The number of fused-ring (bicyclic) bond motifs is 5. The summed E-state index contributed by atoms with van der Waals surface area (Å²) in [7, 11) is 0. The van der Waals surface area contributed by atoms with Crippen molar-refractivity contribution in [1.82, 2.24) is 0 Å². The Hall–Kier alpha value is -5.66. The molecule has 61 heavy (non-hydrogen) atoms. The maximum atomic E-state index is 15.6. The lowest BCUT2D eigenvalue weighted by Gasteiger charge is -2.68. The average molecular weight is 834 g/mol. The van der Waals surface area contributed by atoms with Crippen LogP contribution in [0.4, 0.5) is 0 Å². The van der Waals surface area contributed by atoms with Gasteiger partial charge in [0.2, 0.25) is 12.0 Å². The Morgan fingerprint density at radius 2 is 1.46 bits per heavy atom. The van der Waals surface area contributed by atoms with Gasteiger partial charge in [0.1, 0.15) is 29.5 Å². The smallest absolute Gasteiger partial charge is 0.350 e. The van der Waals surface area contributed by atoms with Crippen molar-refractivity contribution >= 4 is 35.6 Å². The Morgan fingerprint density at radius 1 is 0.836 bits per heavy atom. The number of carbonyl (C=O) groups is 5. The molecule has 13 heteroatoms. The second-order valence-electron chi connectivity index (χ2n) is 17.8. The molecule has 320 valence electrons. The number of rotatable bonds is 8. The number of Topliss-reactive ketones (excluding diaryl/α,β-unsaturated/α-hetero) is 1. The van der Waals surface area contributed by atoms with E-state index in [1.54, 1.807) is 51.1 Å². The van der Waals surface area contributed by atoms with E-state index < -0.39 is 100 Å². The molecule has 4 unspecified atom stereocenters. The molecule has 2 N–H and O–H groups in total. The largest absolute Gasteiger partial charge is 0.459 e. The summed E-state index contributed by atoms with van der Waals surface area (Å²) in [5.41, 5.74) is -5.29. The van der Waals surface area contributed by atoms with Gasteiger partial charge < -0.3 is 33.9 Å². The van der Waals surface area contributed by atoms with Crippen molar-refractivity contribution in [2.24, 2.45) is 27.7 Å². The predicted octanol–water partition coefficient (Wildman–Crippen LogP) is 5.80. The van der Waals surface area contributed by atoms with E-state index in [9.17, 15) is 29.4 Å². The topological polar surface area (TPSA) is 184 Å². The molecule has 0 aromatic heterocycles. The van der Waals surface area contributed by atoms with Gasteiger partial charge in [0, 0.05) is 37.2 Å². The minimum atomic E-state index is -2.24. The lowest BCUT2D eigenvalue weighted by atomic mass is 9.41. The summed E-state index contributed by atoms with van der Waals surface area (Å²) in [6.45, 7) is 8.84. The molecule has 0 amide bonds. The van der Waals surface area contributed by atoms with Crippen LogP contribution in [0.2, 0.25) is 0 Å². The zero-order valence-corrected chi connectivity index (χ0v) is 35.0. The molecular formula is C48H51NO12. The van der Waals surface area contributed by atoms with Gasteiger partial charge >= 0.3 is 23.9 Å². The normalized spacial score (nSPS) is 34.8. The minimum Gasteiger partial charge on any atom is -0.459 e. The van der Waals surface area contributed by atoms with Crippen LogP contribution in [0.3, 0.4) is 0 Å². The Bertz CT molecular complexity index is 2310. The predicted molar refractivity (Wildman–Crippen MR) is 219 cm³/mol. The van der Waals surface area contributed by atoms with E-state index in [0.29, 0.717) is 23.1 Å². The monoisotopic (exact) mass is 833 g/mol. The Balaban J connectivity index is 1.29. The molecule has 3 saturated carbocycles. The molecule has 1 aliphatic heterocycles. The van der Waals surface area contributed by atoms with E-state index in [1.165, 1.54) is 13.8 Å². The zero-order chi connectivity index (χ0) is 43.6. The van der Waals surface area contributed by atoms with Crippen molar-refractivity contribution in [3.8, 4) is 0 Å². The lowest BCUT2D eigenvalue weighted by Crippen LogP contribution is -2.78. The molecule has 1 heterocycles. The summed E-state index contributed by atoms with van der Waals surface area (Å²) >= 11 is 0. The molecule has 11 atom stereocenters. The number of hydrogen-bond donors (Lipinski definition) is 2. The maximum absolute atomic E-state index is 15.6. The highest BCUT2D eigenvalue weighted by Crippen LogP contribution is 2.67. The summed E-state index contributed by atoms with van der Waals surface area (Å²) in [5, 5.41) is 26.0. The van der Waals surface area contributed by atoms with Crippen LogP contribution < -0.4 is 0 Å². The number of hydrogen-bond acceptors (Lipinski definition) is 13. The maximum Gasteiger partial charge on any atom is 0.350 e. The molecule has 3 fully saturated rings. The highest BCUT2D eigenvalue weighted by Gasteiger charge is 2.77. The molecule has 0 radical (unpaired) electrons. The van der Waals surface area contributed by atoms with Crippen molar-refractivity contribution in [2.75, 3.05) is 0 Å². The number of aliphatic hydroxyl groups is 2. The van der Waals surface area contributed by atoms with Crippen molar-refractivity contribution in [3.05, 3.63) is 119 Å². The van der Waals surface area contributed by atoms with Crippen LogP contribution in [0.1, 0.15) is 94.8 Å². The molecule has 0 spiro atoms. The average Bonchev–Trinajstić information content (AvgIpc) is 3.69. The third-order valence-electron chi connectivity index (χ3n) is 14.2. The number of ether oxygens (including phenoxy) is 5. The Morgan fingerprint density at radius 3 is 2.05 bits per heavy atom. The number of ketones is 1. The number of aliphatic hydroxyl groups excluding tert-OH is 1. The zero-order valence-electron chi connectivity index (χ0n) is 35.0. The van der Waals surface area contributed by atoms with E-state index in [0.717, 1.165) is 6.92 Å². The van der Waals surface area contributed by atoms with Gasteiger partial charge in [0.25, 0.3) is 0 Å². The molecule has 13 nitrogen and oxygen atoms in total. The lowest BCUT2D eigenvalue weighted by molar-refractivity contribution is -0.296. The Labute approximate surface area is 354 Å². The third kappa shape index (κ3) is 6.67. The van der Waals surface area contributed by atoms with Gasteiger partial charge in [-0.25, -0.2) is 14.6 Å². The molecule has 5 aliphatic rings. The standard InChI is InChI=1S/C48H51NO12/c1-26-33(58-44(55)38-36(29-16-10-7-11-17-29)49-42(59-38)30-18-12-8-13-19-30)25-48(56)41(60-43(54)31-20-14-9-15-21-31)39-46(6,34(52)24-32-22-23-47(32,39)61-28(3)51)40(53)37(57-27(2)50)35(26)45(48,4)5/h7-21,32-34,36-39,41,52,56H,22-25H2,1-6H3/t32-,33?,34+,36?,37-,38?,39?,41+,46-,47+,48-/m1/s1. The SMILES string of the molecule is CC(=O)O[C@H]1C(=O)[C@@]2(C)C([C@H](OC(=O)c3ccccc3)[C@]3(O)CC(OC(=O)C4OC(c5ccccc5)=NC4c4ccccc4)C(C)=C1C3(C)C)[C@]1(OC(C)=O)CC[C@@H]1C[C@@H]2O.